The summed E-state index contributed by atoms with van der Waals surface area (Å²) in [5.41, 5.74) is 1.13. The van der Waals surface area contributed by atoms with Crippen molar-refractivity contribution in [2.75, 3.05) is 25.5 Å². The minimum atomic E-state index is 0.660. The lowest BCUT2D eigenvalue weighted by Crippen LogP contribution is -2.35. The Bertz CT molecular complexity index is 311. The summed E-state index contributed by atoms with van der Waals surface area (Å²) in [6.45, 7) is 4.93. The van der Waals surface area contributed by atoms with Gasteiger partial charge in [-0.1, -0.05) is 11.8 Å². The fourth-order valence-corrected chi connectivity index (χ4v) is 3.49. The van der Waals surface area contributed by atoms with Crippen LogP contribution in [0.5, 0.6) is 0 Å². The standard InChI is InChI=1S/C11H18N2OS2/c1-9-8-16-11(13-9)15-7-4-12-10-2-5-14-6-3-10/h8,10,12H,2-7H2,1H3. The summed E-state index contributed by atoms with van der Waals surface area (Å²) in [4.78, 5) is 4.43. The lowest BCUT2D eigenvalue weighted by Gasteiger charge is -2.22. The molecule has 1 aromatic heterocycles. The molecule has 0 unspecified atom stereocenters. The second kappa shape index (κ2) is 6.59. The Morgan fingerprint density at radius 3 is 3.06 bits per heavy atom. The average Bonchev–Trinajstić information content (AvgIpc) is 2.72. The molecule has 1 aliphatic heterocycles. The van der Waals surface area contributed by atoms with Gasteiger partial charge in [0, 0.05) is 42.6 Å². The number of aromatic nitrogens is 1. The highest BCUT2D eigenvalue weighted by Gasteiger charge is 2.12. The molecule has 2 heterocycles. The van der Waals surface area contributed by atoms with E-state index in [1.54, 1.807) is 11.3 Å². The topological polar surface area (TPSA) is 34.1 Å². The van der Waals surface area contributed by atoms with E-state index in [1.165, 1.54) is 4.34 Å². The second-order valence-corrected chi connectivity index (χ2v) is 6.14. The molecule has 1 aromatic rings. The van der Waals surface area contributed by atoms with E-state index in [9.17, 15) is 0 Å². The summed E-state index contributed by atoms with van der Waals surface area (Å²) in [7, 11) is 0. The van der Waals surface area contributed by atoms with E-state index in [2.05, 4.69) is 15.7 Å². The van der Waals surface area contributed by atoms with Gasteiger partial charge < -0.3 is 10.1 Å². The minimum Gasteiger partial charge on any atom is -0.381 e. The Morgan fingerprint density at radius 2 is 2.38 bits per heavy atom. The quantitative estimate of drug-likeness (QED) is 0.649. The number of hydrogen-bond donors (Lipinski definition) is 1. The fourth-order valence-electron chi connectivity index (χ4n) is 1.70. The van der Waals surface area contributed by atoms with Crippen molar-refractivity contribution < 1.29 is 4.74 Å². The van der Waals surface area contributed by atoms with Crippen LogP contribution in [-0.2, 0) is 4.74 Å². The van der Waals surface area contributed by atoms with E-state index in [0.29, 0.717) is 6.04 Å². The predicted octanol–water partition coefficient (Wildman–Crippen LogP) is 2.31. The van der Waals surface area contributed by atoms with E-state index < -0.39 is 0 Å². The van der Waals surface area contributed by atoms with Crippen LogP contribution in [0, 0.1) is 6.92 Å². The summed E-state index contributed by atoms with van der Waals surface area (Å²) in [5.74, 6) is 1.10. The number of rotatable bonds is 5. The molecule has 5 heteroatoms. The van der Waals surface area contributed by atoms with Crippen molar-refractivity contribution in [3.8, 4) is 0 Å². The normalized spacial score (nSPS) is 17.8. The molecule has 3 nitrogen and oxygen atoms in total. The molecule has 1 saturated heterocycles. The molecule has 16 heavy (non-hydrogen) atoms. The third-order valence-electron chi connectivity index (χ3n) is 2.58. The molecule has 0 aromatic carbocycles. The van der Waals surface area contributed by atoms with E-state index in [1.807, 2.05) is 18.7 Å². The highest BCUT2D eigenvalue weighted by atomic mass is 32.2. The minimum absolute atomic E-state index is 0.660. The maximum atomic E-state index is 5.32. The van der Waals surface area contributed by atoms with Gasteiger partial charge >= 0.3 is 0 Å². The van der Waals surface area contributed by atoms with Crippen molar-refractivity contribution in [1.29, 1.82) is 0 Å². The first-order chi connectivity index (χ1) is 7.84. The van der Waals surface area contributed by atoms with E-state index in [0.717, 1.165) is 44.0 Å². The van der Waals surface area contributed by atoms with Gasteiger partial charge in [0.1, 0.15) is 4.34 Å². The molecule has 1 fully saturated rings. The van der Waals surface area contributed by atoms with Crippen LogP contribution in [-0.4, -0.2) is 36.5 Å². The van der Waals surface area contributed by atoms with Crippen LogP contribution in [0.1, 0.15) is 18.5 Å². The van der Waals surface area contributed by atoms with Crippen molar-refractivity contribution in [3.63, 3.8) is 0 Å². The maximum Gasteiger partial charge on any atom is 0.150 e. The highest BCUT2D eigenvalue weighted by molar-refractivity contribution is 8.01. The number of ether oxygens (including phenoxy) is 1. The van der Waals surface area contributed by atoms with Crippen molar-refractivity contribution >= 4 is 23.1 Å². The second-order valence-electron chi connectivity index (χ2n) is 3.94. The van der Waals surface area contributed by atoms with E-state index in [4.69, 9.17) is 4.74 Å². The fraction of sp³-hybridized carbons (Fsp3) is 0.727. The molecule has 0 saturated carbocycles. The van der Waals surface area contributed by atoms with Gasteiger partial charge in [0.2, 0.25) is 0 Å². The summed E-state index contributed by atoms with van der Waals surface area (Å²) in [6.07, 6.45) is 2.31. The van der Waals surface area contributed by atoms with Crippen molar-refractivity contribution in [2.45, 2.75) is 30.1 Å². The van der Waals surface area contributed by atoms with Crippen LogP contribution in [0.3, 0.4) is 0 Å². The molecule has 0 aliphatic carbocycles. The molecule has 0 amide bonds. The smallest absolute Gasteiger partial charge is 0.150 e. The molecular formula is C11H18N2OS2. The molecule has 0 radical (unpaired) electrons. The molecule has 1 aliphatic rings. The molecule has 2 rings (SSSR count). The van der Waals surface area contributed by atoms with E-state index in [-0.39, 0.29) is 0 Å². The van der Waals surface area contributed by atoms with Crippen LogP contribution in [0.2, 0.25) is 0 Å². The molecule has 0 atom stereocenters. The zero-order valence-electron chi connectivity index (χ0n) is 9.57. The van der Waals surface area contributed by atoms with Crippen molar-refractivity contribution in [3.05, 3.63) is 11.1 Å². The van der Waals surface area contributed by atoms with Crippen LogP contribution >= 0.6 is 23.1 Å². The SMILES string of the molecule is Cc1csc(SCCNC2CCOCC2)n1. The molecule has 0 spiro atoms. The summed E-state index contributed by atoms with van der Waals surface area (Å²) < 4.78 is 6.51. The monoisotopic (exact) mass is 258 g/mol. The lowest BCUT2D eigenvalue weighted by atomic mass is 10.1. The van der Waals surface area contributed by atoms with Crippen LogP contribution < -0.4 is 5.32 Å². The first-order valence-corrected chi connectivity index (χ1v) is 7.57. The number of hydrogen-bond acceptors (Lipinski definition) is 5. The lowest BCUT2D eigenvalue weighted by molar-refractivity contribution is 0.0786. The first kappa shape index (κ1) is 12.4. The Balaban J connectivity index is 1.57. The average molecular weight is 258 g/mol. The Hall–Kier alpha value is -0.100. The molecule has 1 N–H and O–H groups in total. The van der Waals surface area contributed by atoms with Gasteiger partial charge in [0.05, 0.1) is 0 Å². The van der Waals surface area contributed by atoms with Gasteiger partial charge in [0.15, 0.2) is 0 Å². The first-order valence-electron chi connectivity index (χ1n) is 5.70. The van der Waals surface area contributed by atoms with Crippen molar-refractivity contribution in [2.24, 2.45) is 0 Å². The van der Waals surface area contributed by atoms with Crippen LogP contribution in [0.4, 0.5) is 0 Å². The predicted molar refractivity (Wildman–Crippen MR) is 69.4 cm³/mol. The van der Waals surface area contributed by atoms with Gasteiger partial charge in [-0.3, -0.25) is 0 Å². The number of thioether (sulfide) groups is 1. The third kappa shape index (κ3) is 4.05. The number of nitrogens with one attached hydrogen (secondary N) is 1. The largest absolute Gasteiger partial charge is 0.381 e. The zero-order valence-corrected chi connectivity index (χ0v) is 11.2. The number of thiazole rings is 1. The number of nitrogens with zero attached hydrogens (tertiary/aromatic N) is 1. The number of aryl methyl sites for hydroxylation is 1. The Kier molecular flexibility index (Phi) is 5.09. The van der Waals surface area contributed by atoms with Crippen LogP contribution in [0.15, 0.2) is 9.72 Å². The van der Waals surface area contributed by atoms with Gasteiger partial charge in [-0.2, -0.15) is 0 Å². The Labute approximate surface area is 105 Å². The van der Waals surface area contributed by atoms with Gasteiger partial charge in [-0.15, -0.1) is 11.3 Å². The molecule has 90 valence electrons. The maximum absolute atomic E-state index is 5.32. The van der Waals surface area contributed by atoms with Gasteiger partial charge in [-0.05, 0) is 19.8 Å². The third-order valence-corrected chi connectivity index (χ3v) is 4.72. The molecular weight excluding hydrogens is 240 g/mol. The molecule has 0 bridgehead atoms. The van der Waals surface area contributed by atoms with E-state index >= 15 is 0 Å². The van der Waals surface area contributed by atoms with Gasteiger partial charge in [-0.25, -0.2) is 4.98 Å². The highest BCUT2D eigenvalue weighted by Crippen LogP contribution is 2.21. The Morgan fingerprint density at radius 1 is 1.56 bits per heavy atom. The van der Waals surface area contributed by atoms with Gasteiger partial charge in [0.25, 0.3) is 0 Å². The summed E-state index contributed by atoms with van der Waals surface area (Å²) in [5, 5.41) is 5.68. The van der Waals surface area contributed by atoms with Crippen LogP contribution in [0.25, 0.3) is 0 Å². The van der Waals surface area contributed by atoms with Crippen molar-refractivity contribution in [1.82, 2.24) is 10.3 Å². The summed E-state index contributed by atoms with van der Waals surface area (Å²) in [6, 6.07) is 0.660. The zero-order chi connectivity index (χ0) is 11.2. The summed E-state index contributed by atoms with van der Waals surface area (Å²) >= 11 is 3.58.